The van der Waals surface area contributed by atoms with Gasteiger partial charge in [0.05, 0.1) is 22.4 Å². The molecule has 0 saturated heterocycles. The van der Waals surface area contributed by atoms with E-state index in [1.807, 2.05) is 6.07 Å². The lowest BCUT2D eigenvalue weighted by molar-refractivity contribution is 0.669. The van der Waals surface area contributed by atoms with Gasteiger partial charge in [-0.15, -0.1) is 0 Å². The first kappa shape index (κ1) is 27.5. The first-order valence-electron chi connectivity index (χ1n) is 16.7. The largest absolute Gasteiger partial charge is 0.456 e. The summed E-state index contributed by atoms with van der Waals surface area (Å²) in [6.45, 7) is 0. The summed E-state index contributed by atoms with van der Waals surface area (Å²) in [5.41, 5.74) is 10.9. The van der Waals surface area contributed by atoms with Gasteiger partial charge in [0.2, 0.25) is 0 Å². The summed E-state index contributed by atoms with van der Waals surface area (Å²) < 4.78 is 8.72. The Morgan fingerprint density at radius 2 is 1.04 bits per heavy atom. The van der Waals surface area contributed by atoms with Crippen molar-refractivity contribution in [2.24, 2.45) is 0 Å². The predicted molar refractivity (Wildman–Crippen MR) is 206 cm³/mol. The summed E-state index contributed by atoms with van der Waals surface area (Å²) in [5.74, 6) is 0. The number of anilines is 3. The van der Waals surface area contributed by atoms with E-state index in [2.05, 4.69) is 185 Å². The van der Waals surface area contributed by atoms with Gasteiger partial charge in [0, 0.05) is 43.9 Å². The maximum absolute atomic E-state index is 6.35. The zero-order valence-electron chi connectivity index (χ0n) is 26.6. The molecule has 0 radical (unpaired) electrons. The van der Waals surface area contributed by atoms with Crippen molar-refractivity contribution in [3.63, 3.8) is 0 Å². The highest BCUT2D eigenvalue weighted by Crippen LogP contribution is 2.47. The van der Waals surface area contributed by atoms with Crippen LogP contribution in [0.25, 0.3) is 71.3 Å². The van der Waals surface area contributed by atoms with Crippen LogP contribution in [0.1, 0.15) is 0 Å². The van der Waals surface area contributed by atoms with E-state index >= 15 is 0 Å². The molecule has 0 aliphatic heterocycles. The second-order valence-electron chi connectivity index (χ2n) is 12.5. The molecule has 0 atom stereocenters. The lowest BCUT2D eigenvalue weighted by Gasteiger charge is -2.29. The monoisotopic (exact) mass is 626 g/mol. The average molecular weight is 627 g/mol. The summed E-state index contributed by atoms with van der Waals surface area (Å²) in [6, 6.07) is 65.0. The van der Waals surface area contributed by atoms with Gasteiger partial charge >= 0.3 is 0 Å². The third-order valence-electron chi connectivity index (χ3n) is 9.77. The minimum Gasteiger partial charge on any atom is -0.456 e. The number of benzene rings is 8. The number of hydrogen-bond acceptors (Lipinski definition) is 2. The molecule has 10 aromatic rings. The standard InChI is InChI=1S/C46H30N2O/c1-2-16-32(17-3-1)47-42-24-10-7-20-36(42)39-30-33(28-29-43(39)47)48(40-25-12-15-31-14-4-5-18-34(31)40)41-23-9-6-19-35(41)37-22-13-27-45-46(37)38-21-8-11-26-44(38)49-45/h1-30H. The quantitative estimate of drug-likeness (QED) is 0.190. The first-order chi connectivity index (χ1) is 24.3. The van der Waals surface area contributed by atoms with Gasteiger partial charge < -0.3 is 13.9 Å². The number of para-hydroxylation sites is 4. The maximum Gasteiger partial charge on any atom is 0.136 e. The van der Waals surface area contributed by atoms with Crippen LogP contribution in [0, 0.1) is 0 Å². The van der Waals surface area contributed by atoms with E-state index in [0.717, 1.165) is 55.8 Å². The van der Waals surface area contributed by atoms with E-state index in [4.69, 9.17) is 4.42 Å². The zero-order valence-corrected chi connectivity index (χ0v) is 26.6. The lowest BCUT2D eigenvalue weighted by atomic mass is 9.96. The molecule has 2 aromatic heterocycles. The molecular weight excluding hydrogens is 597 g/mol. The predicted octanol–water partition coefficient (Wildman–Crippen LogP) is 13.0. The highest BCUT2D eigenvalue weighted by atomic mass is 16.3. The molecule has 0 aliphatic carbocycles. The van der Waals surface area contributed by atoms with Gasteiger partial charge in [0.25, 0.3) is 0 Å². The van der Waals surface area contributed by atoms with Crippen LogP contribution in [0.15, 0.2) is 186 Å². The molecule has 8 aromatic carbocycles. The second kappa shape index (κ2) is 11.0. The van der Waals surface area contributed by atoms with Crippen molar-refractivity contribution in [2.45, 2.75) is 0 Å². The van der Waals surface area contributed by atoms with Crippen LogP contribution >= 0.6 is 0 Å². The maximum atomic E-state index is 6.35. The van der Waals surface area contributed by atoms with Crippen LogP contribution in [0.5, 0.6) is 0 Å². The fourth-order valence-corrected chi connectivity index (χ4v) is 7.66. The van der Waals surface area contributed by atoms with Crippen molar-refractivity contribution in [1.29, 1.82) is 0 Å². The smallest absolute Gasteiger partial charge is 0.136 e. The molecule has 2 heterocycles. The Balaban J connectivity index is 1.28. The lowest BCUT2D eigenvalue weighted by Crippen LogP contribution is -2.12. The van der Waals surface area contributed by atoms with E-state index in [1.54, 1.807) is 0 Å². The van der Waals surface area contributed by atoms with Gasteiger partial charge in [-0.25, -0.2) is 0 Å². The second-order valence-corrected chi connectivity index (χ2v) is 12.5. The molecule has 0 unspecified atom stereocenters. The fraction of sp³-hybridized carbons (Fsp3) is 0. The van der Waals surface area contributed by atoms with Crippen LogP contribution in [0.2, 0.25) is 0 Å². The normalized spacial score (nSPS) is 11.7. The molecule has 0 spiro atoms. The summed E-state index contributed by atoms with van der Waals surface area (Å²) >= 11 is 0. The number of nitrogens with zero attached hydrogens (tertiary/aromatic N) is 2. The van der Waals surface area contributed by atoms with Gasteiger partial charge in [-0.05, 0) is 71.6 Å². The number of aromatic nitrogens is 1. The molecule has 230 valence electrons. The Morgan fingerprint density at radius 1 is 0.408 bits per heavy atom. The Hall–Kier alpha value is -6.58. The summed E-state index contributed by atoms with van der Waals surface area (Å²) in [5, 5.41) is 7.08. The minimum atomic E-state index is 0.889. The van der Waals surface area contributed by atoms with Gasteiger partial charge in [0.1, 0.15) is 11.2 Å². The number of rotatable bonds is 5. The van der Waals surface area contributed by atoms with Gasteiger partial charge in [-0.3, -0.25) is 0 Å². The van der Waals surface area contributed by atoms with Crippen molar-refractivity contribution >= 4 is 71.6 Å². The van der Waals surface area contributed by atoms with Crippen molar-refractivity contribution in [3.05, 3.63) is 182 Å². The topological polar surface area (TPSA) is 21.3 Å². The third-order valence-corrected chi connectivity index (χ3v) is 9.77. The Labute approximate surface area is 283 Å². The molecule has 10 rings (SSSR count). The highest BCUT2D eigenvalue weighted by molar-refractivity contribution is 6.15. The van der Waals surface area contributed by atoms with Crippen LogP contribution in [0.3, 0.4) is 0 Å². The SMILES string of the molecule is c1ccc(-n2c3ccccc3c3cc(N(c4ccccc4-c4cccc5oc6ccccc6c45)c4cccc5ccccc45)ccc32)cc1. The zero-order chi connectivity index (χ0) is 32.3. The summed E-state index contributed by atoms with van der Waals surface area (Å²) in [6.07, 6.45) is 0. The van der Waals surface area contributed by atoms with E-state index < -0.39 is 0 Å². The van der Waals surface area contributed by atoms with Gasteiger partial charge in [0.15, 0.2) is 0 Å². The molecule has 0 bridgehead atoms. The third kappa shape index (κ3) is 4.29. The van der Waals surface area contributed by atoms with E-state index in [-0.39, 0.29) is 0 Å². The molecule has 0 fully saturated rings. The van der Waals surface area contributed by atoms with Gasteiger partial charge in [-0.1, -0.05) is 121 Å². The minimum absolute atomic E-state index is 0.889. The van der Waals surface area contributed by atoms with Crippen LogP contribution < -0.4 is 4.90 Å². The molecule has 49 heavy (non-hydrogen) atoms. The number of hydrogen-bond donors (Lipinski definition) is 0. The molecule has 0 aliphatic rings. The summed E-state index contributed by atoms with van der Waals surface area (Å²) in [4.78, 5) is 2.44. The van der Waals surface area contributed by atoms with Crippen LogP contribution in [-0.4, -0.2) is 4.57 Å². The fourth-order valence-electron chi connectivity index (χ4n) is 7.66. The molecule has 0 N–H and O–H groups in total. The highest BCUT2D eigenvalue weighted by Gasteiger charge is 2.23. The molecule has 0 saturated carbocycles. The van der Waals surface area contributed by atoms with Crippen molar-refractivity contribution in [2.75, 3.05) is 4.90 Å². The van der Waals surface area contributed by atoms with E-state index in [1.165, 1.54) is 32.6 Å². The number of fused-ring (bicyclic) bond motifs is 7. The molecule has 3 heteroatoms. The molecule has 0 amide bonds. The van der Waals surface area contributed by atoms with Crippen molar-refractivity contribution in [3.8, 4) is 16.8 Å². The van der Waals surface area contributed by atoms with Crippen LogP contribution in [-0.2, 0) is 0 Å². The van der Waals surface area contributed by atoms with E-state index in [9.17, 15) is 0 Å². The van der Waals surface area contributed by atoms with Gasteiger partial charge in [-0.2, -0.15) is 0 Å². The Morgan fingerprint density at radius 3 is 1.96 bits per heavy atom. The average Bonchev–Trinajstić information content (AvgIpc) is 3.71. The van der Waals surface area contributed by atoms with Crippen LogP contribution in [0.4, 0.5) is 17.1 Å². The number of furan rings is 1. The van der Waals surface area contributed by atoms with Crippen molar-refractivity contribution in [1.82, 2.24) is 4.57 Å². The Bertz CT molecular complexity index is 2840. The Kier molecular flexibility index (Phi) is 6.18. The van der Waals surface area contributed by atoms with E-state index in [0.29, 0.717) is 0 Å². The summed E-state index contributed by atoms with van der Waals surface area (Å²) in [7, 11) is 0. The first-order valence-corrected chi connectivity index (χ1v) is 16.7. The molecule has 3 nitrogen and oxygen atoms in total. The molecular formula is C46H30N2O. The van der Waals surface area contributed by atoms with Crippen molar-refractivity contribution < 1.29 is 4.42 Å².